The Bertz CT molecular complexity index is 497. The molecule has 0 aromatic heterocycles. The van der Waals surface area contributed by atoms with Crippen LogP contribution in [0.3, 0.4) is 0 Å². The first-order valence-corrected chi connectivity index (χ1v) is 7.23. The molecule has 1 aromatic carbocycles. The first-order valence-electron chi connectivity index (χ1n) is 5.68. The highest BCUT2D eigenvalue weighted by molar-refractivity contribution is 7.89. The summed E-state index contributed by atoms with van der Waals surface area (Å²) in [5.74, 6) is 0.634. The summed E-state index contributed by atoms with van der Waals surface area (Å²) in [6.45, 7) is 6.59. The molecule has 6 heteroatoms. The monoisotopic (exact) mass is 273 g/mol. The van der Waals surface area contributed by atoms with E-state index in [4.69, 9.17) is 14.6 Å². The summed E-state index contributed by atoms with van der Waals surface area (Å²) in [7, 11) is -3.66. The molecule has 0 spiro atoms. The zero-order chi connectivity index (χ0) is 13.8. The van der Waals surface area contributed by atoms with Gasteiger partial charge in [-0.1, -0.05) is 0 Å². The smallest absolute Gasteiger partial charge is 0.238 e. The number of ether oxygens (including phenoxy) is 2. The molecule has 0 saturated carbocycles. The van der Waals surface area contributed by atoms with Crippen molar-refractivity contribution < 1.29 is 17.9 Å². The minimum absolute atomic E-state index is 0.0887. The number of sulfonamides is 1. The number of rotatable bonds is 6. The van der Waals surface area contributed by atoms with Gasteiger partial charge < -0.3 is 9.47 Å². The summed E-state index contributed by atoms with van der Waals surface area (Å²) in [6, 6.07) is 4.53. The van der Waals surface area contributed by atoms with Crippen LogP contribution in [0.2, 0.25) is 0 Å². The number of hydrogen-bond acceptors (Lipinski definition) is 4. The van der Waals surface area contributed by atoms with Gasteiger partial charge in [-0.05, 0) is 44.5 Å². The second-order valence-corrected chi connectivity index (χ2v) is 5.80. The lowest BCUT2D eigenvalue weighted by molar-refractivity contribution is 0.0551. The first kappa shape index (κ1) is 14.9. The maximum Gasteiger partial charge on any atom is 0.238 e. The van der Waals surface area contributed by atoms with Gasteiger partial charge >= 0.3 is 0 Å². The third kappa shape index (κ3) is 4.64. The predicted octanol–water partition coefficient (Wildman–Crippen LogP) is 1.45. The fourth-order valence-electron chi connectivity index (χ4n) is 1.40. The Morgan fingerprint density at radius 2 is 1.94 bits per heavy atom. The molecule has 0 radical (unpaired) electrons. The summed E-state index contributed by atoms with van der Waals surface area (Å²) in [5, 5.41) is 5.04. The third-order valence-electron chi connectivity index (χ3n) is 2.27. The van der Waals surface area contributed by atoms with Gasteiger partial charge in [0.2, 0.25) is 10.0 Å². The third-order valence-corrected chi connectivity index (χ3v) is 3.18. The second kappa shape index (κ2) is 6.17. The molecule has 0 fully saturated rings. The molecule has 0 bridgehead atoms. The van der Waals surface area contributed by atoms with Crippen molar-refractivity contribution in [3.8, 4) is 5.75 Å². The van der Waals surface area contributed by atoms with Gasteiger partial charge in [-0.3, -0.25) is 0 Å². The fraction of sp³-hybridized carbons (Fsp3) is 0.500. The van der Waals surface area contributed by atoms with Gasteiger partial charge in [-0.25, -0.2) is 13.6 Å². The summed E-state index contributed by atoms with van der Waals surface area (Å²) in [5.41, 5.74) is 0.728. The van der Waals surface area contributed by atoms with Crippen molar-refractivity contribution in [2.24, 2.45) is 5.14 Å². The maximum absolute atomic E-state index is 11.1. The molecule has 2 N–H and O–H groups in total. The summed E-state index contributed by atoms with van der Waals surface area (Å²) < 4.78 is 33.1. The summed E-state index contributed by atoms with van der Waals surface area (Å²) >= 11 is 0. The van der Waals surface area contributed by atoms with Crippen molar-refractivity contribution in [3.05, 3.63) is 23.8 Å². The molecule has 0 aliphatic rings. The van der Waals surface area contributed by atoms with Crippen LogP contribution in [0.1, 0.15) is 19.4 Å². The predicted molar refractivity (Wildman–Crippen MR) is 69.1 cm³/mol. The highest BCUT2D eigenvalue weighted by atomic mass is 32.2. The van der Waals surface area contributed by atoms with E-state index in [9.17, 15) is 8.42 Å². The Labute approximate surface area is 108 Å². The largest absolute Gasteiger partial charge is 0.491 e. The highest BCUT2D eigenvalue weighted by Crippen LogP contribution is 2.20. The standard InChI is InChI=1S/C12H19NO4S/c1-9(2)16-6-7-17-12-5-4-11(8-10(12)3)18(13,14)15/h4-5,8-9H,6-7H2,1-3H3,(H2,13,14,15). The van der Waals surface area contributed by atoms with Crippen LogP contribution >= 0.6 is 0 Å². The highest BCUT2D eigenvalue weighted by Gasteiger charge is 2.10. The molecular formula is C12H19NO4S. The zero-order valence-corrected chi connectivity index (χ0v) is 11.7. The van der Waals surface area contributed by atoms with Crippen molar-refractivity contribution in [1.29, 1.82) is 0 Å². The lowest BCUT2D eigenvalue weighted by Gasteiger charge is -2.11. The van der Waals surface area contributed by atoms with Crippen LogP contribution in [0.25, 0.3) is 0 Å². The molecule has 102 valence electrons. The van der Waals surface area contributed by atoms with Crippen molar-refractivity contribution >= 4 is 10.0 Å². The van der Waals surface area contributed by atoms with E-state index in [-0.39, 0.29) is 11.0 Å². The Morgan fingerprint density at radius 3 is 2.44 bits per heavy atom. The van der Waals surface area contributed by atoms with Gasteiger partial charge in [0.05, 0.1) is 17.6 Å². The van der Waals surface area contributed by atoms with Crippen LogP contribution < -0.4 is 9.88 Å². The van der Waals surface area contributed by atoms with Gasteiger partial charge in [-0.2, -0.15) is 0 Å². The number of nitrogens with two attached hydrogens (primary N) is 1. The zero-order valence-electron chi connectivity index (χ0n) is 10.8. The minimum Gasteiger partial charge on any atom is -0.491 e. The number of aryl methyl sites for hydroxylation is 1. The molecule has 0 aliphatic carbocycles. The molecule has 0 unspecified atom stereocenters. The van der Waals surface area contributed by atoms with E-state index in [1.54, 1.807) is 13.0 Å². The summed E-state index contributed by atoms with van der Waals surface area (Å²) in [4.78, 5) is 0.0887. The van der Waals surface area contributed by atoms with Crippen molar-refractivity contribution in [1.82, 2.24) is 0 Å². The molecule has 5 nitrogen and oxygen atoms in total. The van der Waals surface area contributed by atoms with E-state index in [0.29, 0.717) is 19.0 Å². The molecule has 18 heavy (non-hydrogen) atoms. The van der Waals surface area contributed by atoms with Crippen LogP contribution in [-0.2, 0) is 14.8 Å². The lowest BCUT2D eigenvalue weighted by atomic mass is 10.2. The molecule has 0 heterocycles. The van der Waals surface area contributed by atoms with E-state index < -0.39 is 10.0 Å². The van der Waals surface area contributed by atoms with Crippen LogP contribution in [0.5, 0.6) is 5.75 Å². The average Bonchev–Trinajstić information content (AvgIpc) is 2.24. The van der Waals surface area contributed by atoms with E-state index >= 15 is 0 Å². The van der Waals surface area contributed by atoms with Crippen molar-refractivity contribution in [2.45, 2.75) is 31.8 Å². The van der Waals surface area contributed by atoms with Gasteiger partial charge in [-0.15, -0.1) is 0 Å². The molecule has 0 saturated heterocycles. The van der Waals surface area contributed by atoms with Crippen molar-refractivity contribution in [3.63, 3.8) is 0 Å². The molecule has 0 aliphatic heterocycles. The molecule has 1 aromatic rings. The number of benzene rings is 1. The lowest BCUT2D eigenvalue weighted by Crippen LogP contribution is -2.13. The van der Waals surface area contributed by atoms with Gasteiger partial charge in [0.25, 0.3) is 0 Å². The SMILES string of the molecule is Cc1cc(S(N)(=O)=O)ccc1OCCOC(C)C. The van der Waals surface area contributed by atoms with E-state index in [0.717, 1.165) is 5.56 Å². The fourth-order valence-corrected chi connectivity index (χ4v) is 2.00. The van der Waals surface area contributed by atoms with Crippen LogP contribution in [0, 0.1) is 6.92 Å². The number of primary sulfonamides is 1. The number of hydrogen-bond donors (Lipinski definition) is 1. The van der Waals surface area contributed by atoms with Gasteiger partial charge in [0.1, 0.15) is 12.4 Å². The van der Waals surface area contributed by atoms with E-state index in [2.05, 4.69) is 0 Å². The average molecular weight is 273 g/mol. The van der Waals surface area contributed by atoms with Crippen LogP contribution in [0.15, 0.2) is 23.1 Å². The minimum atomic E-state index is -3.66. The topological polar surface area (TPSA) is 78.6 Å². The molecular weight excluding hydrogens is 254 g/mol. The normalized spacial score (nSPS) is 11.8. The van der Waals surface area contributed by atoms with Gasteiger partial charge in [0, 0.05) is 0 Å². The Kier molecular flexibility index (Phi) is 5.13. The summed E-state index contributed by atoms with van der Waals surface area (Å²) in [6.07, 6.45) is 0.166. The van der Waals surface area contributed by atoms with Gasteiger partial charge in [0.15, 0.2) is 0 Å². The molecule has 1 rings (SSSR count). The van der Waals surface area contributed by atoms with Crippen LogP contribution in [-0.4, -0.2) is 27.7 Å². The quantitative estimate of drug-likeness (QED) is 0.796. The second-order valence-electron chi connectivity index (χ2n) is 4.24. The van der Waals surface area contributed by atoms with Crippen LogP contribution in [0.4, 0.5) is 0 Å². The maximum atomic E-state index is 11.1. The van der Waals surface area contributed by atoms with Crippen molar-refractivity contribution in [2.75, 3.05) is 13.2 Å². The Balaban J connectivity index is 2.64. The van der Waals surface area contributed by atoms with E-state index in [1.807, 2.05) is 13.8 Å². The Morgan fingerprint density at radius 1 is 1.28 bits per heavy atom. The van der Waals surface area contributed by atoms with E-state index in [1.165, 1.54) is 12.1 Å². The first-order chi connectivity index (χ1) is 8.30. The molecule has 0 atom stereocenters. The molecule has 0 amide bonds. The Hall–Kier alpha value is -1.11.